The number of aliphatic hydroxyl groups excluding tert-OH is 1. The van der Waals surface area contributed by atoms with E-state index in [9.17, 15) is 0 Å². The molecule has 0 bridgehead atoms. The first-order chi connectivity index (χ1) is 6.16. The van der Waals surface area contributed by atoms with E-state index in [0.29, 0.717) is 17.8 Å². The van der Waals surface area contributed by atoms with Crippen LogP contribution < -0.4 is 17.2 Å². The summed E-state index contributed by atoms with van der Waals surface area (Å²) < 4.78 is 0. The van der Waals surface area contributed by atoms with Crippen LogP contribution in [-0.2, 0) is 0 Å². The summed E-state index contributed by atoms with van der Waals surface area (Å²) in [6, 6.07) is 5.11. The molecular weight excluding hydrogens is 166 g/mol. The quantitative estimate of drug-likeness (QED) is 0.502. The third-order valence-electron chi connectivity index (χ3n) is 2.01. The first-order valence-corrected chi connectivity index (χ1v) is 4.17. The number of benzene rings is 1. The van der Waals surface area contributed by atoms with E-state index >= 15 is 0 Å². The normalized spacial score (nSPS) is 12.8. The van der Waals surface area contributed by atoms with Crippen LogP contribution in [0.4, 0.5) is 11.4 Å². The van der Waals surface area contributed by atoms with Crippen LogP contribution >= 0.6 is 0 Å². The molecule has 1 rings (SSSR count). The number of aliphatic hydroxyl groups is 1. The number of hydrogen-bond donors (Lipinski definition) is 4. The van der Waals surface area contributed by atoms with Gasteiger partial charge >= 0.3 is 0 Å². The lowest BCUT2D eigenvalue weighted by Gasteiger charge is -2.14. The molecule has 72 valence electrons. The highest BCUT2D eigenvalue weighted by Gasteiger charge is 2.09. The summed E-state index contributed by atoms with van der Waals surface area (Å²) in [7, 11) is 0. The van der Waals surface area contributed by atoms with Gasteiger partial charge in [0.05, 0.1) is 11.4 Å². The molecule has 0 aliphatic heterocycles. The van der Waals surface area contributed by atoms with Crippen molar-refractivity contribution in [1.82, 2.24) is 0 Å². The van der Waals surface area contributed by atoms with Crippen molar-refractivity contribution in [2.24, 2.45) is 5.73 Å². The summed E-state index contributed by atoms with van der Waals surface area (Å²) in [5, 5.41) is 8.71. The average Bonchev–Trinajstić information content (AvgIpc) is 2.10. The maximum absolute atomic E-state index is 8.71. The van der Waals surface area contributed by atoms with Gasteiger partial charge in [-0.2, -0.15) is 0 Å². The van der Waals surface area contributed by atoms with Crippen molar-refractivity contribution in [2.75, 3.05) is 18.1 Å². The Kier molecular flexibility index (Phi) is 3.11. The lowest BCUT2D eigenvalue weighted by atomic mass is 10.0. The predicted octanol–water partition coefficient (Wildman–Crippen LogP) is 0.233. The molecule has 0 radical (unpaired) electrons. The molecule has 0 saturated heterocycles. The maximum atomic E-state index is 8.71. The van der Waals surface area contributed by atoms with Gasteiger partial charge in [0.25, 0.3) is 0 Å². The molecule has 13 heavy (non-hydrogen) atoms. The highest BCUT2D eigenvalue weighted by Crippen LogP contribution is 2.25. The fraction of sp³-hybridized carbons (Fsp3) is 0.333. The van der Waals surface area contributed by atoms with Crippen LogP contribution in [0, 0.1) is 0 Å². The van der Waals surface area contributed by atoms with Gasteiger partial charge in [-0.1, -0.05) is 12.1 Å². The van der Waals surface area contributed by atoms with Gasteiger partial charge in [-0.15, -0.1) is 0 Å². The van der Waals surface area contributed by atoms with Crippen molar-refractivity contribution in [3.8, 4) is 0 Å². The van der Waals surface area contributed by atoms with E-state index in [2.05, 4.69) is 0 Å². The standard InChI is InChI=1S/C9H15N3O/c10-7(4-5-13)6-2-1-3-8(11)9(6)12/h1-3,7,13H,4-5,10-12H2/t7-/m0/s1. The van der Waals surface area contributed by atoms with Crippen LogP contribution in [-0.4, -0.2) is 11.7 Å². The van der Waals surface area contributed by atoms with Gasteiger partial charge in [0.2, 0.25) is 0 Å². The van der Waals surface area contributed by atoms with Crippen LogP contribution in [0.1, 0.15) is 18.0 Å². The molecule has 0 aliphatic rings. The Morgan fingerprint density at radius 3 is 2.62 bits per heavy atom. The molecular formula is C9H15N3O. The summed E-state index contributed by atoms with van der Waals surface area (Å²) in [6.07, 6.45) is 0.494. The molecule has 0 heterocycles. The number of hydrogen-bond acceptors (Lipinski definition) is 4. The monoisotopic (exact) mass is 181 g/mol. The minimum absolute atomic E-state index is 0.0510. The molecule has 0 unspecified atom stereocenters. The molecule has 0 amide bonds. The van der Waals surface area contributed by atoms with Crippen molar-refractivity contribution >= 4 is 11.4 Å². The van der Waals surface area contributed by atoms with Crippen molar-refractivity contribution in [3.63, 3.8) is 0 Å². The van der Waals surface area contributed by atoms with Crippen LogP contribution in [0.5, 0.6) is 0 Å². The molecule has 0 saturated carbocycles. The van der Waals surface area contributed by atoms with E-state index in [-0.39, 0.29) is 12.6 Å². The zero-order chi connectivity index (χ0) is 9.84. The van der Waals surface area contributed by atoms with E-state index in [1.165, 1.54) is 0 Å². The third kappa shape index (κ3) is 2.11. The van der Waals surface area contributed by atoms with Crippen LogP contribution in [0.3, 0.4) is 0 Å². The van der Waals surface area contributed by atoms with E-state index < -0.39 is 0 Å². The minimum Gasteiger partial charge on any atom is -0.397 e. The first kappa shape index (κ1) is 9.83. The van der Waals surface area contributed by atoms with Gasteiger partial charge in [0, 0.05) is 12.6 Å². The molecule has 0 fully saturated rings. The molecule has 4 heteroatoms. The molecule has 1 aromatic carbocycles. The van der Waals surface area contributed by atoms with E-state index in [1.54, 1.807) is 12.1 Å². The highest BCUT2D eigenvalue weighted by atomic mass is 16.3. The summed E-state index contributed by atoms with van der Waals surface area (Å²) >= 11 is 0. The van der Waals surface area contributed by atoms with E-state index in [0.717, 1.165) is 5.56 Å². The number of rotatable bonds is 3. The lowest BCUT2D eigenvalue weighted by Crippen LogP contribution is -2.14. The minimum atomic E-state index is -0.242. The Balaban J connectivity index is 2.93. The predicted molar refractivity (Wildman–Crippen MR) is 53.9 cm³/mol. The Morgan fingerprint density at radius 2 is 2.00 bits per heavy atom. The lowest BCUT2D eigenvalue weighted by molar-refractivity contribution is 0.276. The molecule has 0 spiro atoms. The zero-order valence-corrected chi connectivity index (χ0v) is 7.40. The Bertz CT molecular complexity index is 288. The molecule has 7 N–H and O–H groups in total. The van der Waals surface area contributed by atoms with Crippen molar-refractivity contribution in [3.05, 3.63) is 23.8 Å². The zero-order valence-electron chi connectivity index (χ0n) is 7.40. The van der Waals surface area contributed by atoms with Crippen molar-refractivity contribution in [2.45, 2.75) is 12.5 Å². The van der Waals surface area contributed by atoms with Gasteiger partial charge in [0.1, 0.15) is 0 Å². The fourth-order valence-corrected chi connectivity index (χ4v) is 1.22. The SMILES string of the molecule is Nc1cccc([C@@H](N)CCO)c1N. The van der Waals surface area contributed by atoms with Crippen LogP contribution in [0.2, 0.25) is 0 Å². The number of anilines is 2. The van der Waals surface area contributed by atoms with Crippen molar-refractivity contribution in [1.29, 1.82) is 0 Å². The topological polar surface area (TPSA) is 98.3 Å². The highest BCUT2D eigenvalue weighted by molar-refractivity contribution is 5.67. The second-order valence-electron chi connectivity index (χ2n) is 2.97. The summed E-state index contributed by atoms with van der Waals surface area (Å²) in [6.45, 7) is 0.0510. The number of nitrogens with two attached hydrogens (primary N) is 3. The van der Waals surface area contributed by atoms with Crippen LogP contribution in [0.25, 0.3) is 0 Å². The third-order valence-corrected chi connectivity index (χ3v) is 2.01. The molecule has 1 aromatic rings. The smallest absolute Gasteiger partial charge is 0.0596 e. The Labute approximate surface area is 77.3 Å². The summed E-state index contributed by atoms with van der Waals surface area (Å²) in [4.78, 5) is 0. The Morgan fingerprint density at radius 1 is 1.31 bits per heavy atom. The molecule has 0 aromatic heterocycles. The van der Waals surface area contributed by atoms with Crippen LogP contribution in [0.15, 0.2) is 18.2 Å². The molecule has 4 nitrogen and oxygen atoms in total. The second kappa shape index (κ2) is 4.11. The van der Waals surface area contributed by atoms with E-state index in [1.807, 2.05) is 6.07 Å². The average molecular weight is 181 g/mol. The number of nitrogen functional groups attached to an aromatic ring is 2. The maximum Gasteiger partial charge on any atom is 0.0596 e. The van der Waals surface area contributed by atoms with Crippen molar-refractivity contribution < 1.29 is 5.11 Å². The second-order valence-corrected chi connectivity index (χ2v) is 2.97. The van der Waals surface area contributed by atoms with Gasteiger partial charge in [-0.05, 0) is 18.1 Å². The van der Waals surface area contributed by atoms with Gasteiger partial charge < -0.3 is 22.3 Å². The summed E-state index contributed by atoms with van der Waals surface area (Å²) in [5.74, 6) is 0. The van der Waals surface area contributed by atoms with Gasteiger partial charge in [-0.3, -0.25) is 0 Å². The van der Waals surface area contributed by atoms with Gasteiger partial charge in [0.15, 0.2) is 0 Å². The largest absolute Gasteiger partial charge is 0.397 e. The summed E-state index contributed by atoms with van der Waals surface area (Å²) in [5.41, 5.74) is 19.0. The first-order valence-electron chi connectivity index (χ1n) is 4.17. The van der Waals surface area contributed by atoms with Gasteiger partial charge in [-0.25, -0.2) is 0 Å². The molecule has 0 aliphatic carbocycles. The molecule has 1 atom stereocenters. The fourth-order valence-electron chi connectivity index (χ4n) is 1.22. The Hall–Kier alpha value is -1.26. The van der Waals surface area contributed by atoms with E-state index in [4.69, 9.17) is 22.3 Å². The number of para-hydroxylation sites is 1.